The molecule has 0 saturated carbocycles. The van der Waals surface area contributed by atoms with Gasteiger partial charge in [0.2, 0.25) is 0 Å². The van der Waals surface area contributed by atoms with Crippen molar-refractivity contribution in [3.63, 3.8) is 0 Å². The summed E-state index contributed by atoms with van der Waals surface area (Å²) < 4.78 is 0. The highest BCUT2D eigenvalue weighted by Gasteiger charge is 2.26. The fraction of sp³-hybridized carbons (Fsp3) is 0.857. The molecule has 6 nitrogen and oxygen atoms in total. The second kappa shape index (κ2) is 8.09. The number of carbonyl (C=O) groups is 2. The predicted molar refractivity (Wildman–Crippen MR) is 77.8 cm³/mol. The molecule has 0 unspecified atom stereocenters. The average Bonchev–Trinajstić information content (AvgIpc) is 2.39. The van der Waals surface area contributed by atoms with Crippen LogP contribution in [0.4, 0.5) is 4.79 Å². The van der Waals surface area contributed by atoms with E-state index in [9.17, 15) is 9.59 Å². The maximum absolute atomic E-state index is 12.5. The smallest absolute Gasteiger partial charge is 0.320 e. The molecular formula is C14H27N3O3. The normalized spacial score (nSPS) is 16.5. The molecule has 1 rings (SSSR count). The van der Waals surface area contributed by atoms with Gasteiger partial charge >= 0.3 is 12.0 Å². The first kappa shape index (κ1) is 16.8. The number of carboxylic acids is 1. The molecule has 1 saturated heterocycles. The lowest BCUT2D eigenvalue weighted by atomic mass is 10.2. The fourth-order valence-electron chi connectivity index (χ4n) is 2.45. The van der Waals surface area contributed by atoms with Crippen molar-refractivity contribution in [3.05, 3.63) is 0 Å². The maximum Gasteiger partial charge on any atom is 0.320 e. The summed E-state index contributed by atoms with van der Waals surface area (Å²) in [5.74, 6) is -0.865. The zero-order valence-corrected chi connectivity index (χ0v) is 12.8. The van der Waals surface area contributed by atoms with E-state index >= 15 is 0 Å². The van der Waals surface area contributed by atoms with Crippen LogP contribution in [0.3, 0.4) is 0 Å². The zero-order chi connectivity index (χ0) is 15.1. The van der Waals surface area contributed by atoms with Gasteiger partial charge in [-0.05, 0) is 26.8 Å². The van der Waals surface area contributed by atoms with Crippen molar-refractivity contribution in [2.75, 3.05) is 39.3 Å². The minimum Gasteiger partial charge on any atom is -0.481 e. The van der Waals surface area contributed by atoms with E-state index in [4.69, 9.17) is 5.11 Å². The Morgan fingerprint density at radius 2 is 1.80 bits per heavy atom. The minimum absolute atomic E-state index is 0.000278. The molecule has 1 heterocycles. The SMILES string of the molecule is CCCN1CCN(C(=O)N(CCC(=O)O)C(C)C)CC1. The van der Waals surface area contributed by atoms with Crippen LogP contribution in [0.25, 0.3) is 0 Å². The van der Waals surface area contributed by atoms with Gasteiger partial charge < -0.3 is 14.9 Å². The quantitative estimate of drug-likeness (QED) is 0.799. The minimum atomic E-state index is -0.865. The van der Waals surface area contributed by atoms with Crippen molar-refractivity contribution in [2.24, 2.45) is 0 Å². The van der Waals surface area contributed by atoms with Gasteiger partial charge in [0.1, 0.15) is 0 Å². The Morgan fingerprint density at radius 3 is 2.25 bits per heavy atom. The summed E-state index contributed by atoms with van der Waals surface area (Å²) in [6, 6.07) is -0.00656. The Balaban J connectivity index is 2.51. The molecule has 0 aromatic heterocycles. The molecule has 1 aliphatic rings. The fourth-order valence-corrected chi connectivity index (χ4v) is 2.45. The maximum atomic E-state index is 12.5. The number of piperazine rings is 1. The molecule has 1 fully saturated rings. The average molecular weight is 285 g/mol. The van der Waals surface area contributed by atoms with Gasteiger partial charge in [0.15, 0.2) is 0 Å². The number of hydrogen-bond donors (Lipinski definition) is 1. The second-order valence-electron chi connectivity index (χ2n) is 5.54. The number of carbonyl (C=O) groups excluding carboxylic acids is 1. The third-order valence-electron chi connectivity index (χ3n) is 3.62. The van der Waals surface area contributed by atoms with Crippen LogP contribution in [-0.2, 0) is 4.79 Å². The van der Waals surface area contributed by atoms with E-state index in [-0.39, 0.29) is 25.0 Å². The van der Waals surface area contributed by atoms with Crippen molar-refractivity contribution in [1.82, 2.24) is 14.7 Å². The van der Waals surface area contributed by atoms with Gasteiger partial charge in [0.25, 0.3) is 0 Å². The largest absolute Gasteiger partial charge is 0.481 e. The second-order valence-corrected chi connectivity index (χ2v) is 5.54. The molecule has 1 N–H and O–H groups in total. The number of urea groups is 1. The lowest BCUT2D eigenvalue weighted by Crippen LogP contribution is -2.54. The number of aliphatic carboxylic acids is 1. The Morgan fingerprint density at radius 1 is 1.20 bits per heavy atom. The van der Waals surface area contributed by atoms with E-state index in [1.165, 1.54) is 0 Å². The first-order chi connectivity index (χ1) is 9.45. The van der Waals surface area contributed by atoms with E-state index in [0.717, 1.165) is 39.1 Å². The number of hydrogen-bond acceptors (Lipinski definition) is 3. The molecule has 0 atom stereocenters. The first-order valence-electron chi connectivity index (χ1n) is 7.45. The van der Waals surface area contributed by atoms with E-state index in [0.29, 0.717) is 0 Å². The Hall–Kier alpha value is -1.30. The van der Waals surface area contributed by atoms with Gasteiger partial charge in [0, 0.05) is 38.8 Å². The lowest BCUT2D eigenvalue weighted by Gasteiger charge is -2.38. The molecule has 2 amide bonds. The summed E-state index contributed by atoms with van der Waals surface area (Å²) in [4.78, 5) is 29.0. The highest BCUT2D eigenvalue weighted by atomic mass is 16.4. The standard InChI is InChI=1S/C14H27N3O3/c1-4-6-15-8-10-16(11-9-15)14(20)17(12(2)3)7-5-13(18)19/h12H,4-11H2,1-3H3,(H,18,19). The van der Waals surface area contributed by atoms with Gasteiger partial charge in [-0.2, -0.15) is 0 Å². The summed E-state index contributed by atoms with van der Waals surface area (Å²) in [5.41, 5.74) is 0. The Labute approximate surface area is 121 Å². The van der Waals surface area contributed by atoms with Crippen LogP contribution < -0.4 is 0 Å². The van der Waals surface area contributed by atoms with Crippen molar-refractivity contribution < 1.29 is 14.7 Å². The summed E-state index contributed by atoms with van der Waals surface area (Å²) >= 11 is 0. The summed E-state index contributed by atoms with van der Waals surface area (Å²) in [5, 5.41) is 8.77. The number of rotatable bonds is 6. The van der Waals surface area contributed by atoms with Gasteiger partial charge in [-0.1, -0.05) is 6.92 Å². The van der Waals surface area contributed by atoms with Crippen LogP contribution in [0.2, 0.25) is 0 Å². The molecule has 20 heavy (non-hydrogen) atoms. The highest BCUT2D eigenvalue weighted by Crippen LogP contribution is 2.10. The highest BCUT2D eigenvalue weighted by molar-refractivity contribution is 5.76. The molecular weight excluding hydrogens is 258 g/mol. The van der Waals surface area contributed by atoms with Crippen LogP contribution in [0, 0.1) is 0 Å². The van der Waals surface area contributed by atoms with Crippen molar-refractivity contribution in [3.8, 4) is 0 Å². The number of nitrogens with zero attached hydrogens (tertiary/aromatic N) is 3. The summed E-state index contributed by atoms with van der Waals surface area (Å²) in [6.07, 6.45) is 1.13. The van der Waals surface area contributed by atoms with Crippen LogP contribution in [0.1, 0.15) is 33.6 Å². The molecule has 0 radical (unpaired) electrons. The summed E-state index contributed by atoms with van der Waals surface area (Å²) in [7, 11) is 0. The first-order valence-corrected chi connectivity index (χ1v) is 7.45. The number of amides is 2. The van der Waals surface area contributed by atoms with Crippen LogP contribution in [0.5, 0.6) is 0 Å². The van der Waals surface area contributed by atoms with Crippen molar-refractivity contribution in [2.45, 2.75) is 39.7 Å². The molecule has 0 aromatic rings. The van der Waals surface area contributed by atoms with E-state index in [1.807, 2.05) is 18.7 Å². The van der Waals surface area contributed by atoms with Crippen LogP contribution in [0.15, 0.2) is 0 Å². The number of carboxylic acid groups (broad SMARTS) is 1. The van der Waals surface area contributed by atoms with Crippen LogP contribution >= 0.6 is 0 Å². The topological polar surface area (TPSA) is 64.1 Å². The lowest BCUT2D eigenvalue weighted by molar-refractivity contribution is -0.137. The van der Waals surface area contributed by atoms with E-state index in [2.05, 4.69) is 11.8 Å². The third-order valence-corrected chi connectivity index (χ3v) is 3.62. The predicted octanol–water partition coefficient (Wildman–Crippen LogP) is 1.32. The van der Waals surface area contributed by atoms with Gasteiger partial charge in [-0.15, -0.1) is 0 Å². The third kappa shape index (κ3) is 5.00. The Bertz CT molecular complexity index is 326. The van der Waals surface area contributed by atoms with Gasteiger partial charge in [0.05, 0.1) is 6.42 Å². The van der Waals surface area contributed by atoms with Gasteiger partial charge in [-0.3, -0.25) is 9.69 Å². The molecule has 6 heteroatoms. The zero-order valence-electron chi connectivity index (χ0n) is 12.8. The molecule has 1 aliphatic heterocycles. The van der Waals surface area contributed by atoms with Gasteiger partial charge in [-0.25, -0.2) is 4.79 Å². The Kier molecular flexibility index (Phi) is 6.78. The molecule has 116 valence electrons. The van der Waals surface area contributed by atoms with Crippen LogP contribution in [-0.4, -0.2) is 77.1 Å². The van der Waals surface area contributed by atoms with E-state index < -0.39 is 5.97 Å². The molecule has 0 bridgehead atoms. The van der Waals surface area contributed by atoms with Crippen molar-refractivity contribution >= 4 is 12.0 Å². The summed E-state index contributed by atoms with van der Waals surface area (Å²) in [6.45, 7) is 10.6. The molecule has 0 aliphatic carbocycles. The van der Waals surface area contributed by atoms with E-state index in [1.54, 1.807) is 4.90 Å². The molecule has 0 aromatic carbocycles. The molecule has 0 spiro atoms. The van der Waals surface area contributed by atoms with Crippen molar-refractivity contribution in [1.29, 1.82) is 0 Å². The monoisotopic (exact) mass is 285 g/mol.